The lowest BCUT2D eigenvalue weighted by atomic mass is 9.99. The van der Waals surface area contributed by atoms with Crippen molar-refractivity contribution in [3.8, 4) is 0 Å². The summed E-state index contributed by atoms with van der Waals surface area (Å²) in [5.41, 5.74) is 0.147. The van der Waals surface area contributed by atoms with Crippen LogP contribution in [-0.2, 0) is 0 Å². The van der Waals surface area contributed by atoms with Gasteiger partial charge >= 0.3 is 6.03 Å². The number of carbonyl (C=O) groups excluding carboxylic acids is 1. The average Bonchev–Trinajstić information content (AvgIpc) is 2.57. The predicted molar refractivity (Wildman–Crippen MR) is 55.2 cm³/mol. The number of nitrogens with zero attached hydrogens (tertiary/aromatic N) is 1. The smallest absolute Gasteiger partial charge is 0.317 e. The molecule has 0 aromatic rings. The second-order valence-electron chi connectivity index (χ2n) is 4.60. The van der Waals surface area contributed by atoms with E-state index in [-0.39, 0.29) is 11.6 Å². The lowest BCUT2D eigenvalue weighted by Gasteiger charge is -2.35. The molecule has 0 bridgehead atoms. The van der Waals surface area contributed by atoms with Gasteiger partial charge in [-0.2, -0.15) is 0 Å². The summed E-state index contributed by atoms with van der Waals surface area (Å²) >= 11 is 0. The molecule has 2 heterocycles. The summed E-state index contributed by atoms with van der Waals surface area (Å²) in [4.78, 5) is 13.4. The lowest BCUT2D eigenvalue weighted by Crippen LogP contribution is -2.54. The first-order chi connectivity index (χ1) is 6.70. The highest BCUT2D eigenvalue weighted by molar-refractivity contribution is 5.74. The van der Waals surface area contributed by atoms with E-state index in [1.807, 2.05) is 4.90 Å². The highest BCUT2D eigenvalue weighted by atomic mass is 16.2. The maximum Gasteiger partial charge on any atom is 0.317 e. The molecule has 1 unspecified atom stereocenters. The van der Waals surface area contributed by atoms with Crippen LogP contribution in [0.2, 0.25) is 0 Å². The molecule has 2 aliphatic heterocycles. The number of amides is 2. The number of nitrogens with one attached hydrogen (secondary N) is 2. The Bertz CT molecular complexity index is 223. The van der Waals surface area contributed by atoms with Crippen LogP contribution in [-0.4, -0.2) is 42.6 Å². The Morgan fingerprint density at radius 2 is 2.29 bits per heavy atom. The third-order valence-corrected chi connectivity index (χ3v) is 3.17. The molecule has 80 valence electrons. The van der Waals surface area contributed by atoms with Gasteiger partial charge in [-0.05, 0) is 32.7 Å². The number of hydrogen-bond acceptors (Lipinski definition) is 2. The highest BCUT2D eigenvalue weighted by Gasteiger charge is 2.32. The van der Waals surface area contributed by atoms with E-state index in [1.165, 1.54) is 12.8 Å². The second-order valence-corrected chi connectivity index (χ2v) is 4.60. The van der Waals surface area contributed by atoms with Gasteiger partial charge in [0.2, 0.25) is 0 Å². The van der Waals surface area contributed by atoms with Crippen LogP contribution in [0.25, 0.3) is 0 Å². The molecule has 2 amide bonds. The maximum atomic E-state index is 11.5. The van der Waals surface area contributed by atoms with E-state index in [0.717, 1.165) is 32.6 Å². The van der Waals surface area contributed by atoms with Gasteiger partial charge in [-0.1, -0.05) is 0 Å². The molecule has 2 N–H and O–H groups in total. The van der Waals surface area contributed by atoms with Gasteiger partial charge in [-0.15, -0.1) is 0 Å². The molecular formula is C10H19N3O. The minimum absolute atomic E-state index is 0.103. The third-order valence-electron chi connectivity index (χ3n) is 3.17. The molecule has 1 atom stereocenters. The fourth-order valence-corrected chi connectivity index (χ4v) is 2.34. The zero-order valence-corrected chi connectivity index (χ0v) is 8.81. The Kier molecular flexibility index (Phi) is 2.63. The first-order valence-corrected chi connectivity index (χ1v) is 5.47. The van der Waals surface area contributed by atoms with E-state index < -0.39 is 0 Å². The minimum atomic E-state index is 0.103. The third kappa shape index (κ3) is 2.00. The fourth-order valence-electron chi connectivity index (χ4n) is 2.34. The van der Waals surface area contributed by atoms with Crippen LogP contribution >= 0.6 is 0 Å². The summed E-state index contributed by atoms with van der Waals surface area (Å²) < 4.78 is 0. The molecular weight excluding hydrogens is 178 g/mol. The topological polar surface area (TPSA) is 44.4 Å². The quantitative estimate of drug-likeness (QED) is 0.679. The van der Waals surface area contributed by atoms with Crippen molar-refractivity contribution >= 4 is 6.03 Å². The van der Waals surface area contributed by atoms with Gasteiger partial charge < -0.3 is 15.5 Å². The van der Waals surface area contributed by atoms with E-state index >= 15 is 0 Å². The highest BCUT2D eigenvalue weighted by Crippen LogP contribution is 2.20. The molecule has 0 saturated carbocycles. The summed E-state index contributed by atoms with van der Waals surface area (Å²) in [5.74, 6) is 0. The van der Waals surface area contributed by atoms with Crippen LogP contribution in [0.15, 0.2) is 0 Å². The van der Waals surface area contributed by atoms with Crippen LogP contribution in [0.5, 0.6) is 0 Å². The maximum absolute atomic E-state index is 11.5. The van der Waals surface area contributed by atoms with Crippen molar-refractivity contribution in [3.05, 3.63) is 0 Å². The van der Waals surface area contributed by atoms with Gasteiger partial charge in [0.25, 0.3) is 0 Å². The Labute approximate surface area is 85.0 Å². The Morgan fingerprint density at radius 3 is 2.93 bits per heavy atom. The zero-order valence-electron chi connectivity index (χ0n) is 8.81. The Hall–Kier alpha value is -0.770. The molecule has 0 aromatic heterocycles. The molecule has 4 nitrogen and oxygen atoms in total. The van der Waals surface area contributed by atoms with Crippen LogP contribution in [0.1, 0.15) is 26.2 Å². The van der Waals surface area contributed by atoms with Gasteiger partial charge in [0.1, 0.15) is 0 Å². The van der Waals surface area contributed by atoms with Crippen LogP contribution in [0.4, 0.5) is 4.79 Å². The summed E-state index contributed by atoms with van der Waals surface area (Å²) in [6.07, 6.45) is 3.48. The lowest BCUT2D eigenvalue weighted by molar-refractivity contribution is 0.166. The van der Waals surface area contributed by atoms with E-state index in [2.05, 4.69) is 17.6 Å². The molecule has 14 heavy (non-hydrogen) atoms. The minimum Gasteiger partial charge on any atom is -0.338 e. The van der Waals surface area contributed by atoms with Crippen LogP contribution in [0, 0.1) is 0 Å². The standard InChI is InChI=1S/C10H19N3O/c1-10(4-2-6-12-10)8-13-7-3-5-11-9(13)14/h12H,2-8H2,1H3,(H,11,14). The van der Waals surface area contributed by atoms with Crippen molar-refractivity contribution in [1.29, 1.82) is 0 Å². The summed E-state index contributed by atoms with van der Waals surface area (Å²) in [7, 11) is 0. The van der Waals surface area contributed by atoms with Gasteiger partial charge in [-0.3, -0.25) is 0 Å². The number of urea groups is 1. The van der Waals surface area contributed by atoms with Gasteiger partial charge in [0.05, 0.1) is 0 Å². The SMILES string of the molecule is CC1(CN2CCCNC2=O)CCCN1. The van der Waals surface area contributed by atoms with E-state index in [0.29, 0.717) is 0 Å². The van der Waals surface area contributed by atoms with E-state index in [1.54, 1.807) is 0 Å². The van der Waals surface area contributed by atoms with Crippen molar-refractivity contribution in [2.45, 2.75) is 31.7 Å². The normalized spacial score (nSPS) is 33.2. The van der Waals surface area contributed by atoms with E-state index in [4.69, 9.17) is 0 Å². The van der Waals surface area contributed by atoms with Gasteiger partial charge in [-0.25, -0.2) is 4.79 Å². The van der Waals surface area contributed by atoms with Crippen molar-refractivity contribution in [3.63, 3.8) is 0 Å². The first kappa shape index (κ1) is 9.77. The largest absolute Gasteiger partial charge is 0.338 e. The molecule has 0 spiro atoms. The summed E-state index contributed by atoms with van der Waals surface area (Å²) in [6.45, 7) is 5.88. The first-order valence-electron chi connectivity index (χ1n) is 5.47. The monoisotopic (exact) mass is 197 g/mol. The fraction of sp³-hybridized carbons (Fsp3) is 0.900. The van der Waals surface area contributed by atoms with Crippen LogP contribution in [0.3, 0.4) is 0 Å². The predicted octanol–water partition coefficient (Wildman–Crippen LogP) is 0.544. The van der Waals surface area contributed by atoms with E-state index in [9.17, 15) is 4.79 Å². The molecule has 0 aromatic carbocycles. The number of carbonyl (C=O) groups is 1. The molecule has 2 saturated heterocycles. The summed E-state index contributed by atoms with van der Waals surface area (Å²) in [5, 5.41) is 6.36. The van der Waals surface area contributed by atoms with Gasteiger partial charge in [0, 0.05) is 25.2 Å². The molecule has 0 radical (unpaired) electrons. The molecule has 2 aliphatic rings. The average molecular weight is 197 g/mol. The number of hydrogen-bond donors (Lipinski definition) is 2. The molecule has 4 heteroatoms. The van der Waals surface area contributed by atoms with Crippen molar-refractivity contribution in [2.24, 2.45) is 0 Å². The van der Waals surface area contributed by atoms with Crippen molar-refractivity contribution < 1.29 is 4.79 Å². The van der Waals surface area contributed by atoms with Gasteiger partial charge in [0.15, 0.2) is 0 Å². The zero-order chi connectivity index (χ0) is 10.0. The van der Waals surface area contributed by atoms with Crippen molar-refractivity contribution in [1.82, 2.24) is 15.5 Å². The Morgan fingerprint density at radius 1 is 1.43 bits per heavy atom. The van der Waals surface area contributed by atoms with Crippen LogP contribution < -0.4 is 10.6 Å². The molecule has 0 aliphatic carbocycles. The summed E-state index contributed by atoms with van der Waals surface area (Å²) in [6, 6.07) is 0.103. The van der Waals surface area contributed by atoms with Crippen molar-refractivity contribution in [2.75, 3.05) is 26.2 Å². The number of rotatable bonds is 2. The Balaban J connectivity index is 1.91. The molecule has 2 rings (SSSR count). The molecule has 2 fully saturated rings. The second kappa shape index (κ2) is 3.77.